The van der Waals surface area contributed by atoms with E-state index in [1.807, 2.05) is 24.0 Å². The minimum Gasteiger partial charge on any atom is -0.352 e. The van der Waals surface area contributed by atoms with E-state index in [0.717, 1.165) is 37.8 Å². The van der Waals surface area contributed by atoms with Gasteiger partial charge < -0.3 is 10.6 Å². The lowest BCUT2D eigenvalue weighted by Crippen LogP contribution is -2.50. The number of piperidine rings is 1. The number of likely N-dealkylation sites (tertiary alicyclic amines) is 1. The maximum Gasteiger partial charge on any atom is 0.191 e. The standard InChI is InChI=1S/C24H30N6.HI/c1-25-24(26-17-21-10-5-12-23(16-21)30-15-7-13-27-30)28-22-11-6-14-29(19-22)18-20-8-3-2-4-9-20;/h2-5,7-10,12-13,15-16,22H,6,11,14,17-19H2,1H3,(H2,25,26,28);1H. The quantitative estimate of drug-likeness (QED) is 0.289. The average molecular weight is 530 g/mol. The van der Waals surface area contributed by atoms with E-state index in [9.17, 15) is 0 Å². The van der Waals surface area contributed by atoms with Crippen molar-refractivity contribution in [2.75, 3.05) is 20.1 Å². The molecule has 1 fully saturated rings. The van der Waals surface area contributed by atoms with Crippen molar-refractivity contribution in [3.63, 3.8) is 0 Å². The van der Waals surface area contributed by atoms with Crippen molar-refractivity contribution in [1.82, 2.24) is 25.3 Å². The lowest BCUT2D eigenvalue weighted by molar-refractivity contribution is 0.192. The first-order valence-corrected chi connectivity index (χ1v) is 10.6. The minimum atomic E-state index is 0. The molecule has 1 atom stereocenters. The summed E-state index contributed by atoms with van der Waals surface area (Å²) in [5.74, 6) is 0.853. The molecule has 0 amide bonds. The van der Waals surface area contributed by atoms with Crippen LogP contribution in [0.15, 0.2) is 78.0 Å². The number of halogens is 1. The maximum atomic E-state index is 4.44. The van der Waals surface area contributed by atoms with Crippen molar-refractivity contribution in [2.45, 2.75) is 32.0 Å². The maximum absolute atomic E-state index is 4.44. The third-order valence-corrected chi connectivity index (χ3v) is 5.46. The smallest absolute Gasteiger partial charge is 0.191 e. The second-order valence-corrected chi connectivity index (χ2v) is 7.75. The molecule has 4 rings (SSSR count). The molecule has 2 aromatic carbocycles. The van der Waals surface area contributed by atoms with E-state index in [1.165, 1.54) is 24.0 Å². The summed E-state index contributed by atoms with van der Waals surface area (Å²) in [6.07, 6.45) is 6.12. The number of benzene rings is 2. The molecule has 0 bridgehead atoms. The molecule has 3 aromatic rings. The van der Waals surface area contributed by atoms with Gasteiger partial charge in [0, 0.05) is 45.1 Å². The molecule has 1 aromatic heterocycles. The predicted molar refractivity (Wildman–Crippen MR) is 137 cm³/mol. The second kappa shape index (κ2) is 11.9. The fraction of sp³-hybridized carbons (Fsp3) is 0.333. The van der Waals surface area contributed by atoms with Crippen LogP contribution in [-0.4, -0.2) is 46.8 Å². The molecule has 31 heavy (non-hydrogen) atoms. The first-order chi connectivity index (χ1) is 14.8. The SMILES string of the molecule is CN=C(NCc1cccc(-n2cccn2)c1)NC1CCCN(Cc2ccccc2)C1.I. The van der Waals surface area contributed by atoms with E-state index in [4.69, 9.17) is 0 Å². The summed E-state index contributed by atoms with van der Waals surface area (Å²) in [6, 6.07) is 21.4. The van der Waals surface area contributed by atoms with Crippen molar-refractivity contribution in [3.8, 4) is 5.69 Å². The number of aliphatic imine (C=N–C) groups is 1. The minimum absolute atomic E-state index is 0. The number of rotatable bonds is 6. The van der Waals surface area contributed by atoms with Crippen molar-refractivity contribution in [2.24, 2.45) is 4.99 Å². The first-order valence-electron chi connectivity index (χ1n) is 10.6. The highest BCUT2D eigenvalue weighted by Crippen LogP contribution is 2.14. The van der Waals surface area contributed by atoms with E-state index in [-0.39, 0.29) is 24.0 Å². The molecule has 1 saturated heterocycles. The summed E-state index contributed by atoms with van der Waals surface area (Å²) in [5, 5.41) is 11.4. The molecule has 0 saturated carbocycles. The van der Waals surface area contributed by atoms with Crippen LogP contribution < -0.4 is 10.6 Å². The Bertz CT molecular complexity index is 942. The van der Waals surface area contributed by atoms with E-state index in [2.05, 4.69) is 80.2 Å². The van der Waals surface area contributed by atoms with Crippen LogP contribution in [0.2, 0.25) is 0 Å². The van der Waals surface area contributed by atoms with Gasteiger partial charge in [0.05, 0.1) is 5.69 Å². The Labute approximate surface area is 201 Å². The molecule has 1 unspecified atom stereocenters. The van der Waals surface area contributed by atoms with Crippen LogP contribution in [0.25, 0.3) is 5.69 Å². The Hall–Kier alpha value is -2.39. The fourth-order valence-corrected chi connectivity index (χ4v) is 3.96. The number of nitrogens with one attached hydrogen (secondary N) is 2. The zero-order valence-corrected chi connectivity index (χ0v) is 20.3. The van der Waals surface area contributed by atoms with Crippen LogP contribution in [0.3, 0.4) is 0 Å². The summed E-state index contributed by atoms with van der Waals surface area (Å²) >= 11 is 0. The Balaban J connectivity index is 0.00000272. The van der Waals surface area contributed by atoms with Crippen molar-refractivity contribution in [3.05, 3.63) is 84.2 Å². The number of nitrogens with zero attached hydrogens (tertiary/aromatic N) is 4. The van der Waals surface area contributed by atoms with Crippen LogP contribution in [0.5, 0.6) is 0 Å². The van der Waals surface area contributed by atoms with Gasteiger partial charge in [0.2, 0.25) is 0 Å². The molecule has 2 N–H and O–H groups in total. The molecule has 0 aliphatic carbocycles. The molecule has 6 nitrogen and oxygen atoms in total. The Morgan fingerprint density at radius 1 is 1.10 bits per heavy atom. The van der Waals surface area contributed by atoms with Gasteiger partial charge in [-0.15, -0.1) is 24.0 Å². The van der Waals surface area contributed by atoms with Gasteiger partial charge in [0.1, 0.15) is 0 Å². The highest BCUT2D eigenvalue weighted by atomic mass is 127. The highest BCUT2D eigenvalue weighted by Gasteiger charge is 2.20. The van der Waals surface area contributed by atoms with Gasteiger partial charge in [-0.2, -0.15) is 5.10 Å². The number of aromatic nitrogens is 2. The highest BCUT2D eigenvalue weighted by molar-refractivity contribution is 14.0. The summed E-state index contributed by atoms with van der Waals surface area (Å²) in [7, 11) is 1.83. The molecule has 1 aliphatic rings. The van der Waals surface area contributed by atoms with Crippen LogP contribution in [0.1, 0.15) is 24.0 Å². The summed E-state index contributed by atoms with van der Waals surface area (Å²) in [5.41, 5.74) is 3.63. The van der Waals surface area contributed by atoms with Gasteiger partial charge in [-0.25, -0.2) is 4.68 Å². The third kappa shape index (κ3) is 6.80. The summed E-state index contributed by atoms with van der Waals surface area (Å²) in [4.78, 5) is 6.96. The number of hydrogen-bond donors (Lipinski definition) is 2. The Morgan fingerprint density at radius 3 is 2.71 bits per heavy atom. The molecule has 164 valence electrons. The van der Waals surface area contributed by atoms with E-state index in [1.54, 1.807) is 6.20 Å². The van der Waals surface area contributed by atoms with Gasteiger partial charge in [0.25, 0.3) is 0 Å². The summed E-state index contributed by atoms with van der Waals surface area (Å²) < 4.78 is 1.87. The molecular formula is C24H31IN6. The average Bonchev–Trinajstić information content (AvgIpc) is 3.33. The van der Waals surface area contributed by atoms with Crippen LogP contribution in [0.4, 0.5) is 0 Å². The van der Waals surface area contributed by atoms with Gasteiger partial charge in [-0.1, -0.05) is 42.5 Å². The van der Waals surface area contributed by atoms with E-state index >= 15 is 0 Å². The Kier molecular flexibility index (Phi) is 8.90. The monoisotopic (exact) mass is 530 g/mol. The molecule has 2 heterocycles. The van der Waals surface area contributed by atoms with Crippen LogP contribution in [-0.2, 0) is 13.1 Å². The first kappa shape index (κ1) is 23.3. The van der Waals surface area contributed by atoms with E-state index < -0.39 is 0 Å². The van der Waals surface area contributed by atoms with E-state index in [0.29, 0.717) is 6.04 Å². The molecule has 7 heteroatoms. The molecule has 0 radical (unpaired) electrons. The fourth-order valence-electron chi connectivity index (χ4n) is 3.96. The molecule has 0 spiro atoms. The van der Waals surface area contributed by atoms with Gasteiger partial charge >= 0.3 is 0 Å². The predicted octanol–water partition coefficient (Wildman–Crippen LogP) is 3.82. The van der Waals surface area contributed by atoms with Crippen LogP contribution >= 0.6 is 24.0 Å². The third-order valence-electron chi connectivity index (χ3n) is 5.46. The summed E-state index contributed by atoms with van der Waals surface area (Å²) in [6.45, 7) is 3.91. The normalized spacial score (nSPS) is 17.1. The van der Waals surface area contributed by atoms with Gasteiger partial charge in [-0.05, 0) is 48.7 Å². The zero-order valence-electron chi connectivity index (χ0n) is 17.9. The van der Waals surface area contributed by atoms with Crippen molar-refractivity contribution < 1.29 is 0 Å². The largest absolute Gasteiger partial charge is 0.352 e. The number of guanidine groups is 1. The Morgan fingerprint density at radius 2 is 1.94 bits per heavy atom. The van der Waals surface area contributed by atoms with Gasteiger partial charge in [-0.3, -0.25) is 9.89 Å². The zero-order chi connectivity index (χ0) is 20.6. The topological polar surface area (TPSA) is 57.5 Å². The lowest BCUT2D eigenvalue weighted by Gasteiger charge is -2.34. The van der Waals surface area contributed by atoms with Crippen molar-refractivity contribution in [1.29, 1.82) is 0 Å². The number of hydrogen-bond acceptors (Lipinski definition) is 3. The van der Waals surface area contributed by atoms with Crippen molar-refractivity contribution >= 4 is 29.9 Å². The van der Waals surface area contributed by atoms with Gasteiger partial charge in [0.15, 0.2) is 5.96 Å². The lowest BCUT2D eigenvalue weighted by atomic mass is 10.0. The molecular weight excluding hydrogens is 499 g/mol. The molecule has 1 aliphatic heterocycles. The second-order valence-electron chi connectivity index (χ2n) is 7.75. The van der Waals surface area contributed by atoms with Crippen LogP contribution in [0, 0.1) is 0 Å².